The van der Waals surface area contributed by atoms with Gasteiger partial charge in [-0.1, -0.05) is 24.6 Å². The Hall–Kier alpha value is -0.640. The number of hydrogen-bond donors (Lipinski definition) is 1. The van der Waals surface area contributed by atoms with Crippen molar-refractivity contribution < 1.29 is 9.13 Å². The van der Waals surface area contributed by atoms with Gasteiger partial charge in [0.25, 0.3) is 0 Å². The van der Waals surface area contributed by atoms with Crippen LogP contribution in [-0.4, -0.2) is 19.7 Å². The molecule has 0 amide bonds. The second kappa shape index (κ2) is 5.80. The van der Waals surface area contributed by atoms with Gasteiger partial charge < -0.3 is 10.1 Å². The summed E-state index contributed by atoms with van der Waals surface area (Å²) in [5, 5.41) is 3.49. The van der Waals surface area contributed by atoms with Crippen LogP contribution in [-0.2, 0) is 4.74 Å². The normalized spacial score (nSPS) is 25.6. The first kappa shape index (κ1) is 12.8. The summed E-state index contributed by atoms with van der Waals surface area (Å²) < 4.78 is 19.3. The van der Waals surface area contributed by atoms with Gasteiger partial charge in [-0.3, -0.25) is 0 Å². The molecule has 17 heavy (non-hydrogen) atoms. The Balaban J connectivity index is 2.25. The smallest absolute Gasteiger partial charge is 0.142 e. The molecule has 1 fully saturated rings. The van der Waals surface area contributed by atoms with Crippen LogP contribution in [0.5, 0.6) is 0 Å². The van der Waals surface area contributed by atoms with E-state index >= 15 is 0 Å². The summed E-state index contributed by atoms with van der Waals surface area (Å²) in [5.41, 5.74) is 0.877. The monoisotopic (exact) mass is 257 g/mol. The fourth-order valence-electron chi connectivity index (χ4n) is 2.20. The maximum atomic E-state index is 13.5. The third kappa shape index (κ3) is 2.97. The molecular formula is C13H17ClFNO. The summed E-state index contributed by atoms with van der Waals surface area (Å²) in [7, 11) is 0. The molecule has 1 aliphatic rings. The fourth-order valence-corrected chi connectivity index (χ4v) is 2.32. The maximum absolute atomic E-state index is 13.5. The van der Waals surface area contributed by atoms with E-state index in [0.717, 1.165) is 25.1 Å². The van der Waals surface area contributed by atoms with Crippen LogP contribution in [0, 0.1) is 11.7 Å². The SMILES string of the molecule is CCC1CNCCOC1c1ccc(Cl)c(F)c1. The minimum atomic E-state index is -0.375. The lowest BCUT2D eigenvalue weighted by Crippen LogP contribution is -2.23. The third-order valence-corrected chi connectivity index (χ3v) is 3.51. The number of ether oxygens (including phenoxy) is 1. The predicted molar refractivity (Wildman–Crippen MR) is 66.8 cm³/mol. The molecule has 0 aromatic heterocycles. The van der Waals surface area contributed by atoms with Gasteiger partial charge in [0, 0.05) is 19.0 Å². The molecule has 1 aliphatic heterocycles. The van der Waals surface area contributed by atoms with Gasteiger partial charge in [-0.25, -0.2) is 4.39 Å². The van der Waals surface area contributed by atoms with Crippen LogP contribution < -0.4 is 5.32 Å². The Labute approximate surface area is 106 Å². The van der Waals surface area contributed by atoms with Crippen molar-refractivity contribution in [1.82, 2.24) is 5.32 Å². The first-order valence-electron chi connectivity index (χ1n) is 5.99. The van der Waals surface area contributed by atoms with Crippen LogP contribution in [0.25, 0.3) is 0 Å². The number of halogens is 2. The second-order valence-electron chi connectivity index (χ2n) is 4.34. The number of benzene rings is 1. The van der Waals surface area contributed by atoms with E-state index in [1.165, 1.54) is 6.07 Å². The lowest BCUT2D eigenvalue weighted by molar-refractivity contribution is 0.0293. The minimum Gasteiger partial charge on any atom is -0.372 e. The van der Waals surface area contributed by atoms with E-state index in [4.69, 9.17) is 16.3 Å². The lowest BCUT2D eigenvalue weighted by atomic mass is 9.93. The molecule has 1 N–H and O–H groups in total. The first-order valence-corrected chi connectivity index (χ1v) is 6.37. The van der Waals surface area contributed by atoms with Crippen molar-refractivity contribution in [2.45, 2.75) is 19.4 Å². The van der Waals surface area contributed by atoms with Gasteiger partial charge in [0.05, 0.1) is 17.7 Å². The Kier molecular flexibility index (Phi) is 4.37. The van der Waals surface area contributed by atoms with Crippen molar-refractivity contribution in [1.29, 1.82) is 0 Å². The molecule has 2 nitrogen and oxygen atoms in total. The van der Waals surface area contributed by atoms with E-state index in [1.807, 2.05) is 6.07 Å². The van der Waals surface area contributed by atoms with E-state index in [9.17, 15) is 4.39 Å². The van der Waals surface area contributed by atoms with Crippen molar-refractivity contribution in [3.05, 3.63) is 34.6 Å². The van der Waals surface area contributed by atoms with E-state index in [-0.39, 0.29) is 16.9 Å². The zero-order chi connectivity index (χ0) is 12.3. The predicted octanol–water partition coefficient (Wildman–Crippen LogP) is 3.17. The summed E-state index contributed by atoms with van der Waals surface area (Å²) in [4.78, 5) is 0. The third-order valence-electron chi connectivity index (χ3n) is 3.21. The Morgan fingerprint density at radius 2 is 2.35 bits per heavy atom. The van der Waals surface area contributed by atoms with Gasteiger partial charge in [-0.15, -0.1) is 0 Å². The van der Waals surface area contributed by atoms with Gasteiger partial charge in [0.2, 0.25) is 0 Å². The van der Waals surface area contributed by atoms with Crippen molar-refractivity contribution in [3.63, 3.8) is 0 Å². The van der Waals surface area contributed by atoms with E-state index in [1.54, 1.807) is 6.07 Å². The van der Waals surface area contributed by atoms with Crippen LogP contribution >= 0.6 is 11.6 Å². The van der Waals surface area contributed by atoms with Crippen LogP contribution in [0.15, 0.2) is 18.2 Å². The molecule has 2 unspecified atom stereocenters. The zero-order valence-corrected chi connectivity index (χ0v) is 10.6. The topological polar surface area (TPSA) is 21.3 Å². The average Bonchev–Trinajstić information content (AvgIpc) is 2.57. The van der Waals surface area contributed by atoms with Crippen molar-refractivity contribution in [2.24, 2.45) is 5.92 Å². The van der Waals surface area contributed by atoms with Gasteiger partial charge in [-0.2, -0.15) is 0 Å². The minimum absolute atomic E-state index is 0.0400. The maximum Gasteiger partial charge on any atom is 0.142 e. The molecule has 1 saturated heterocycles. The van der Waals surface area contributed by atoms with Crippen molar-refractivity contribution in [2.75, 3.05) is 19.7 Å². The largest absolute Gasteiger partial charge is 0.372 e. The highest BCUT2D eigenvalue weighted by atomic mass is 35.5. The standard InChI is InChI=1S/C13H17ClFNO/c1-2-9-8-16-5-6-17-13(9)10-3-4-11(14)12(15)7-10/h3-4,7,9,13,16H,2,5-6,8H2,1H3. The van der Waals surface area contributed by atoms with Crippen molar-refractivity contribution in [3.8, 4) is 0 Å². The van der Waals surface area contributed by atoms with Gasteiger partial charge >= 0.3 is 0 Å². The van der Waals surface area contributed by atoms with Crippen LogP contribution in [0.2, 0.25) is 5.02 Å². The molecule has 0 aliphatic carbocycles. The molecule has 4 heteroatoms. The van der Waals surface area contributed by atoms with Crippen LogP contribution in [0.3, 0.4) is 0 Å². The van der Waals surface area contributed by atoms with Crippen LogP contribution in [0.1, 0.15) is 25.0 Å². The molecular weight excluding hydrogens is 241 g/mol. The highest BCUT2D eigenvalue weighted by molar-refractivity contribution is 6.30. The Morgan fingerprint density at radius 1 is 1.53 bits per heavy atom. The molecule has 94 valence electrons. The average molecular weight is 258 g/mol. The zero-order valence-electron chi connectivity index (χ0n) is 9.88. The summed E-state index contributed by atoms with van der Waals surface area (Å²) in [6, 6.07) is 4.94. The number of nitrogens with one attached hydrogen (secondary N) is 1. The van der Waals surface area contributed by atoms with E-state index < -0.39 is 0 Å². The molecule has 0 spiro atoms. The van der Waals surface area contributed by atoms with Crippen molar-refractivity contribution >= 4 is 11.6 Å². The fraction of sp³-hybridized carbons (Fsp3) is 0.538. The summed E-state index contributed by atoms with van der Waals surface area (Å²) in [6.07, 6.45) is 0.962. The number of hydrogen-bond acceptors (Lipinski definition) is 2. The summed E-state index contributed by atoms with van der Waals surface area (Å²) in [5.74, 6) is -0.00194. The quantitative estimate of drug-likeness (QED) is 0.879. The molecule has 0 saturated carbocycles. The molecule has 2 atom stereocenters. The van der Waals surface area contributed by atoms with Gasteiger partial charge in [0.1, 0.15) is 5.82 Å². The summed E-state index contributed by atoms with van der Waals surface area (Å²) >= 11 is 5.69. The molecule has 0 bridgehead atoms. The lowest BCUT2D eigenvalue weighted by Gasteiger charge is -2.24. The van der Waals surface area contributed by atoms with Gasteiger partial charge in [0.15, 0.2) is 0 Å². The Bertz CT molecular complexity index is 386. The molecule has 1 aromatic rings. The van der Waals surface area contributed by atoms with E-state index in [2.05, 4.69) is 12.2 Å². The molecule has 0 radical (unpaired) electrons. The molecule has 2 rings (SSSR count). The molecule has 1 heterocycles. The summed E-state index contributed by atoms with van der Waals surface area (Å²) in [6.45, 7) is 4.54. The highest BCUT2D eigenvalue weighted by Crippen LogP contribution is 2.31. The number of rotatable bonds is 2. The second-order valence-corrected chi connectivity index (χ2v) is 4.74. The molecule has 1 aromatic carbocycles. The highest BCUT2D eigenvalue weighted by Gasteiger charge is 2.25. The van der Waals surface area contributed by atoms with Gasteiger partial charge in [-0.05, 0) is 24.1 Å². The van der Waals surface area contributed by atoms with E-state index in [0.29, 0.717) is 12.5 Å². The van der Waals surface area contributed by atoms with Crippen LogP contribution in [0.4, 0.5) is 4.39 Å². The Morgan fingerprint density at radius 3 is 3.06 bits per heavy atom. The first-order chi connectivity index (χ1) is 8.22.